The number of amides is 1. The summed E-state index contributed by atoms with van der Waals surface area (Å²) in [5.41, 5.74) is 5.02. The molecule has 2 N–H and O–H groups in total. The predicted octanol–water partition coefficient (Wildman–Crippen LogP) is -0.331. The molecule has 0 spiro atoms. The number of hydrogen-bond acceptors (Lipinski definition) is 2. The molecule has 0 aromatic rings. The Kier molecular flexibility index (Phi) is 3.24. The first kappa shape index (κ1) is 8.43. The zero-order valence-electron chi connectivity index (χ0n) is 6.22. The Bertz CT molecular complexity index is 101. The van der Waals surface area contributed by atoms with Gasteiger partial charge in [-0.1, -0.05) is 6.92 Å². The summed E-state index contributed by atoms with van der Waals surface area (Å²) in [6, 6.07) is 0. The van der Waals surface area contributed by atoms with Crippen molar-refractivity contribution in [1.29, 1.82) is 0 Å². The maximum absolute atomic E-state index is 10.4. The fourth-order valence-electron chi connectivity index (χ4n) is 0.638. The highest BCUT2D eigenvalue weighted by Gasteiger charge is 2.07. The van der Waals surface area contributed by atoms with Crippen LogP contribution in [-0.2, 0) is 4.79 Å². The van der Waals surface area contributed by atoms with Crippen LogP contribution in [0.5, 0.6) is 0 Å². The lowest BCUT2D eigenvalue weighted by molar-refractivity contribution is -0.121. The predicted molar refractivity (Wildman–Crippen MR) is 36.9 cm³/mol. The smallest absolute Gasteiger partial charge is 0.221 e. The summed E-state index contributed by atoms with van der Waals surface area (Å²) in [6.45, 7) is 2.55. The topological polar surface area (TPSA) is 46.3 Å². The molecule has 0 aliphatic heterocycles. The Morgan fingerprint density at radius 1 is 1.67 bits per heavy atom. The summed E-state index contributed by atoms with van der Waals surface area (Å²) < 4.78 is 0. The van der Waals surface area contributed by atoms with Crippen LogP contribution in [0.15, 0.2) is 0 Å². The summed E-state index contributed by atoms with van der Waals surface area (Å²) in [5, 5.41) is 0. The van der Waals surface area contributed by atoms with E-state index in [0.29, 0.717) is 0 Å². The molecule has 0 fully saturated rings. The fourth-order valence-corrected chi connectivity index (χ4v) is 0.638. The van der Waals surface area contributed by atoms with Gasteiger partial charge in [-0.05, 0) is 14.1 Å². The maximum atomic E-state index is 10.4. The molecule has 0 radical (unpaired) electrons. The van der Waals surface area contributed by atoms with Crippen LogP contribution in [0, 0.1) is 5.92 Å². The molecule has 0 bridgehead atoms. The number of primary amides is 1. The lowest BCUT2D eigenvalue weighted by Gasteiger charge is -2.12. The minimum absolute atomic E-state index is 0.0417. The molecular formula is C6H14N2O. The number of carbonyl (C=O) groups excluding carboxylic acids is 1. The van der Waals surface area contributed by atoms with Gasteiger partial charge in [0.15, 0.2) is 0 Å². The van der Waals surface area contributed by atoms with E-state index in [-0.39, 0.29) is 11.8 Å². The minimum atomic E-state index is -0.233. The third kappa shape index (κ3) is 3.97. The molecule has 3 heteroatoms. The van der Waals surface area contributed by atoms with Crippen molar-refractivity contribution < 1.29 is 4.79 Å². The first-order chi connectivity index (χ1) is 4.04. The molecule has 3 nitrogen and oxygen atoms in total. The van der Waals surface area contributed by atoms with Crippen LogP contribution < -0.4 is 5.73 Å². The summed E-state index contributed by atoms with van der Waals surface area (Å²) in [7, 11) is 3.83. The van der Waals surface area contributed by atoms with Crippen molar-refractivity contribution in [3.63, 3.8) is 0 Å². The molecule has 0 saturated carbocycles. The van der Waals surface area contributed by atoms with E-state index in [1.165, 1.54) is 0 Å². The van der Waals surface area contributed by atoms with Crippen LogP contribution >= 0.6 is 0 Å². The largest absolute Gasteiger partial charge is 0.369 e. The molecule has 0 aliphatic carbocycles. The second-order valence-electron chi connectivity index (χ2n) is 2.57. The van der Waals surface area contributed by atoms with E-state index >= 15 is 0 Å². The first-order valence-corrected chi connectivity index (χ1v) is 2.98. The fraction of sp³-hybridized carbons (Fsp3) is 0.833. The number of hydrogen-bond donors (Lipinski definition) is 1. The summed E-state index contributed by atoms with van der Waals surface area (Å²) >= 11 is 0. The van der Waals surface area contributed by atoms with Gasteiger partial charge in [0.05, 0.1) is 0 Å². The molecule has 0 aromatic carbocycles. The van der Waals surface area contributed by atoms with E-state index in [1.807, 2.05) is 25.9 Å². The summed E-state index contributed by atoms with van der Waals surface area (Å²) in [4.78, 5) is 12.4. The normalized spacial score (nSPS) is 13.8. The van der Waals surface area contributed by atoms with Gasteiger partial charge in [0.1, 0.15) is 0 Å². The average molecular weight is 130 g/mol. The van der Waals surface area contributed by atoms with Crippen LogP contribution in [0.25, 0.3) is 0 Å². The maximum Gasteiger partial charge on any atom is 0.221 e. The Balaban J connectivity index is 3.50. The number of nitrogens with two attached hydrogens (primary N) is 1. The molecule has 1 amide bonds. The van der Waals surface area contributed by atoms with Gasteiger partial charge >= 0.3 is 0 Å². The van der Waals surface area contributed by atoms with Crippen LogP contribution in [0.1, 0.15) is 6.92 Å². The molecule has 1 unspecified atom stereocenters. The highest BCUT2D eigenvalue weighted by atomic mass is 16.1. The molecule has 0 aliphatic rings. The molecular weight excluding hydrogens is 116 g/mol. The van der Waals surface area contributed by atoms with Gasteiger partial charge < -0.3 is 10.6 Å². The van der Waals surface area contributed by atoms with Gasteiger partial charge in [0, 0.05) is 12.5 Å². The highest BCUT2D eigenvalue weighted by Crippen LogP contribution is 1.92. The minimum Gasteiger partial charge on any atom is -0.369 e. The van der Waals surface area contributed by atoms with Gasteiger partial charge in [-0.25, -0.2) is 0 Å². The van der Waals surface area contributed by atoms with Gasteiger partial charge in [0.2, 0.25) is 5.91 Å². The molecule has 9 heavy (non-hydrogen) atoms. The Labute approximate surface area is 55.8 Å². The van der Waals surface area contributed by atoms with E-state index in [9.17, 15) is 4.79 Å². The molecule has 0 rings (SSSR count). The zero-order chi connectivity index (χ0) is 7.44. The van der Waals surface area contributed by atoms with E-state index in [4.69, 9.17) is 5.73 Å². The van der Waals surface area contributed by atoms with E-state index < -0.39 is 0 Å². The number of nitrogens with zero attached hydrogens (tertiary/aromatic N) is 1. The zero-order valence-corrected chi connectivity index (χ0v) is 6.22. The third-order valence-electron chi connectivity index (χ3n) is 1.12. The Morgan fingerprint density at radius 3 is 2.22 bits per heavy atom. The van der Waals surface area contributed by atoms with Gasteiger partial charge in [-0.3, -0.25) is 4.79 Å². The Morgan fingerprint density at radius 2 is 2.11 bits per heavy atom. The standard InChI is InChI=1S/C6H14N2O/c1-5(6(7)9)4-8(2)3/h5H,4H2,1-3H3,(H2,7,9). The molecule has 54 valence electrons. The van der Waals surface area contributed by atoms with Crippen molar-refractivity contribution in [2.24, 2.45) is 11.7 Å². The lowest BCUT2D eigenvalue weighted by atomic mass is 10.2. The second kappa shape index (κ2) is 3.45. The van der Waals surface area contributed by atoms with Crippen molar-refractivity contribution in [3.05, 3.63) is 0 Å². The SMILES string of the molecule is CC(CN(C)C)C(N)=O. The van der Waals surface area contributed by atoms with Crippen molar-refractivity contribution in [2.45, 2.75) is 6.92 Å². The second-order valence-corrected chi connectivity index (χ2v) is 2.57. The molecule has 1 atom stereocenters. The Hall–Kier alpha value is -0.570. The van der Waals surface area contributed by atoms with Crippen molar-refractivity contribution >= 4 is 5.91 Å². The average Bonchev–Trinajstić information content (AvgIpc) is 1.63. The van der Waals surface area contributed by atoms with Crippen molar-refractivity contribution in [2.75, 3.05) is 20.6 Å². The molecule has 0 aromatic heterocycles. The van der Waals surface area contributed by atoms with E-state index in [0.717, 1.165) is 6.54 Å². The highest BCUT2D eigenvalue weighted by molar-refractivity contribution is 5.76. The van der Waals surface area contributed by atoms with E-state index in [1.54, 1.807) is 0 Å². The monoisotopic (exact) mass is 130 g/mol. The van der Waals surface area contributed by atoms with E-state index in [2.05, 4.69) is 0 Å². The summed E-state index contributed by atoms with van der Waals surface area (Å²) in [5.74, 6) is -0.274. The first-order valence-electron chi connectivity index (χ1n) is 2.98. The van der Waals surface area contributed by atoms with Gasteiger partial charge in [-0.2, -0.15) is 0 Å². The molecule has 0 heterocycles. The van der Waals surface area contributed by atoms with Crippen molar-refractivity contribution in [3.8, 4) is 0 Å². The number of carbonyl (C=O) groups is 1. The summed E-state index contributed by atoms with van der Waals surface area (Å²) in [6.07, 6.45) is 0. The van der Waals surface area contributed by atoms with Crippen LogP contribution in [0.2, 0.25) is 0 Å². The molecule has 0 saturated heterocycles. The lowest BCUT2D eigenvalue weighted by Crippen LogP contribution is -2.30. The van der Waals surface area contributed by atoms with Crippen molar-refractivity contribution in [1.82, 2.24) is 4.90 Å². The van der Waals surface area contributed by atoms with Gasteiger partial charge in [-0.15, -0.1) is 0 Å². The van der Waals surface area contributed by atoms with Crippen LogP contribution in [0.4, 0.5) is 0 Å². The third-order valence-corrected chi connectivity index (χ3v) is 1.12. The number of rotatable bonds is 3. The van der Waals surface area contributed by atoms with Crippen LogP contribution in [-0.4, -0.2) is 31.4 Å². The van der Waals surface area contributed by atoms with Gasteiger partial charge in [0.25, 0.3) is 0 Å². The van der Waals surface area contributed by atoms with Crippen LogP contribution in [0.3, 0.4) is 0 Å². The quantitative estimate of drug-likeness (QED) is 0.568.